The molecule has 30 heavy (non-hydrogen) atoms. The molecule has 0 bridgehead atoms. The molecule has 1 unspecified atom stereocenters. The van der Waals surface area contributed by atoms with Crippen LogP contribution in [0.25, 0.3) is 33.0 Å². The fourth-order valence-electron chi connectivity index (χ4n) is 4.05. The zero-order valence-corrected chi connectivity index (χ0v) is 21.7. The first-order chi connectivity index (χ1) is 14.6. The molecule has 4 aromatic rings. The van der Waals surface area contributed by atoms with Gasteiger partial charge in [0.2, 0.25) is 0 Å². The maximum atomic E-state index is 4.93. The molecular weight excluding hydrogens is 486 g/mol. The first-order valence-electron chi connectivity index (χ1n) is 10.5. The summed E-state index contributed by atoms with van der Waals surface area (Å²) in [4.78, 5) is 0. The van der Waals surface area contributed by atoms with Crippen molar-refractivity contribution in [3.63, 3.8) is 0 Å². The molecule has 0 spiro atoms. The summed E-state index contributed by atoms with van der Waals surface area (Å²) in [6.07, 6.45) is 2.21. The summed E-state index contributed by atoms with van der Waals surface area (Å²) >= 11 is -0.826. The molecule has 4 aromatic carbocycles. The quantitative estimate of drug-likeness (QED) is 0.233. The summed E-state index contributed by atoms with van der Waals surface area (Å²) in [5.74, 6) is 0.590. The third-order valence-electron chi connectivity index (χ3n) is 5.85. The molecule has 0 N–H and O–H groups in total. The van der Waals surface area contributed by atoms with Crippen LogP contribution >= 0.6 is 17.0 Å². The van der Waals surface area contributed by atoms with Crippen LogP contribution in [0.1, 0.15) is 44.2 Å². The van der Waals surface area contributed by atoms with Gasteiger partial charge in [-0.25, -0.2) is 0 Å². The summed E-state index contributed by atoms with van der Waals surface area (Å²) in [6, 6.07) is 29.1. The normalized spacial score (nSPS) is 11.6. The van der Waals surface area contributed by atoms with Crippen LogP contribution < -0.4 is 0 Å². The molecule has 0 nitrogen and oxygen atoms in total. The summed E-state index contributed by atoms with van der Waals surface area (Å²) in [5, 5.41) is 2.73. The van der Waals surface area contributed by atoms with Gasteiger partial charge in [-0.05, 0) is 34.6 Å². The van der Waals surface area contributed by atoms with Gasteiger partial charge in [-0.1, -0.05) is 93.4 Å². The van der Waals surface area contributed by atoms with E-state index >= 15 is 0 Å². The van der Waals surface area contributed by atoms with E-state index in [0.29, 0.717) is 5.92 Å². The minimum absolute atomic E-state index is 0.590. The first kappa shape index (κ1) is 23.4. The zero-order valence-electron chi connectivity index (χ0n) is 17.8. The predicted octanol–water partition coefficient (Wildman–Crippen LogP) is 9.35. The average molecular weight is 514 g/mol. The van der Waals surface area contributed by atoms with E-state index in [9.17, 15) is 0 Å². The molecule has 0 saturated heterocycles. The van der Waals surface area contributed by atoms with Crippen molar-refractivity contribution >= 4 is 27.8 Å². The number of benzene rings is 3. The zero-order chi connectivity index (χ0) is 21.5. The number of fused-ring (bicyclic) bond motifs is 1. The Morgan fingerprint density at radius 2 is 1.53 bits per heavy atom. The van der Waals surface area contributed by atoms with Crippen LogP contribution in [0.15, 0.2) is 78.9 Å². The fraction of sp³-hybridized carbons (Fsp3) is 0.222. The second kappa shape index (κ2) is 11.4. The number of hydrogen-bond donors (Lipinski definition) is 0. The van der Waals surface area contributed by atoms with Crippen LogP contribution in [-0.2, 0) is 27.3 Å². The summed E-state index contributed by atoms with van der Waals surface area (Å²) in [6.45, 7) is 6.84. The second-order valence-electron chi connectivity index (χ2n) is 7.54. The molecule has 3 heteroatoms. The van der Waals surface area contributed by atoms with Crippen molar-refractivity contribution in [2.45, 2.75) is 39.5 Å². The summed E-state index contributed by atoms with van der Waals surface area (Å²) < 4.78 is 0. The molecule has 0 aliphatic rings. The standard InChI is InChI=1S/C27H27.2ClH.Zr/c1-4-19(3)23-17-22-15-16-25(21-12-7-6-8-13-21)27(26(22)18-23)24-14-10-9-11-20(24)5-2;;;/h6-19H,4-5H2,1-3H3;2*1H;/q-1;;;+2/p-2. The van der Waals surface area contributed by atoms with Crippen LogP contribution in [0.4, 0.5) is 0 Å². The predicted molar refractivity (Wildman–Crippen MR) is 130 cm³/mol. The molecule has 1 atom stereocenters. The van der Waals surface area contributed by atoms with Crippen LogP contribution in [-0.4, -0.2) is 0 Å². The van der Waals surface area contributed by atoms with Gasteiger partial charge in [0.1, 0.15) is 0 Å². The number of halogens is 2. The second-order valence-corrected chi connectivity index (χ2v) is 11.3. The molecule has 0 radical (unpaired) electrons. The summed E-state index contributed by atoms with van der Waals surface area (Å²) in [5.41, 5.74) is 8.22. The number of rotatable bonds is 5. The first-order valence-corrected chi connectivity index (χ1v) is 16.8. The van der Waals surface area contributed by atoms with E-state index in [4.69, 9.17) is 17.0 Å². The Bertz CT molecular complexity index is 1080. The van der Waals surface area contributed by atoms with Gasteiger partial charge in [-0.3, -0.25) is 0 Å². The van der Waals surface area contributed by atoms with E-state index in [-0.39, 0.29) is 0 Å². The molecule has 0 aliphatic heterocycles. The van der Waals surface area contributed by atoms with Crippen LogP contribution in [0, 0.1) is 0 Å². The molecule has 0 fully saturated rings. The van der Waals surface area contributed by atoms with Crippen LogP contribution in [0.2, 0.25) is 0 Å². The van der Waals surface area contributed by atoms with Crippen molar-refractivity contribution in [3.8, 4) is 22.3 Å². The van der Waals surface area contributed by atoms with Crippen molar-refractivity contribution in [2.24, 2.45) is 0 Å². The van der Waals surface area contributed by atoms with E-state index in [1.54, 1.807) is 0 Å². The number of hydrogen-bond acceptors (Lipinski definition) is 0. The average Bonchev–Trinajstić information content (AvgIpc) is 3.23. The molecule has 0 aliphatic carbocycles. The van der Waals surface area contributed by atoms with E-state index in [1.807, 2.05) is 0 Å². The van der Waals surface area contributed by atoms with Crippen LogP contribution in [0.5, 0.6) is 0 Å². The van der Waals surface area contributed by atoms with Gasteiger partial charge in [-0.2, -0.15) is 6.07 Å². The van der Waals surface area contributed by atoms with E-state index in [0.717, 1.165) is 6.42 Å². The third-order valence-corrected chi connectivity index (χ3v) is 5.85. The Kier molecular flexibility index (Phi) is 8.88. The van der Waals surface area contributed by atoms with Gasteiger partial charge in [0.25, 0.3) is 0 Å². The van der Waals surface area contributed by atoms with Crippen molar-refractivity contribution in [3.05, 3.63) is 90.0 Å². The molecule has 0 amide bonds. The van der Waals surface area contributed by atoms with Crippen molar-refractivity contribution in [1.29, 1.82) is 0 Å². The van der Waals surface area contributed by atoms with Crippen molar-refractivity contribution in [1.82, 2.24) is 0 Å². The molecular formula is C27H27Cl2Zr-. The monoisotopic (exact) mass is 511 g/mol. The van der Waals surface area contributed by atoms with Gasteiger partial charge in [0, 0.05) is 0 Å². The van der Waals surface area contributed by atoms with Gasteiger partial charge in [0.15, 0.2) is 0 Å². The van der Waals surface area contributed by atoms with Gasteiger partial charge < -0.3 is 0 Å². The van der Waals surface area contributed by atoms with Crippen molar-refractivity contribution < 1.29 is 20.8 Å². The number of aryl methyl sites for hydroxylation is 1. The molecule has 0 aromatic heterocycles. The fourth-order valence-corrected chi connectivity index (χ4v) is 4.05. The molecule has 0 saturated carbocycles. The topological polar surface area (TPSA) is 0 Å². The Labute approximate surface area is 199 Å². The molecule has 0 heterocycles. The van der Waals surface area contributed by atoms with E-state index in [2.05, 4.69) is 99.6 Å². The van der Waals surface area contributed by atoms with Gasteiger partial charge >= 0.3 is 37.9 Å². The van der Waals surface area contributed by atoms with Gasteiger partial charge in [0.05, 0.1) is 0 Å². The Morgan fingerprint density at radius 3 is 2.20 bits per heavy atom. The van der Waals surface area contributed by atoms with E-state index < -0.39 is 20.8 Å². The maximum absolute atomic E-state index is 4.93. The summed E-state index contributed by atoms with van der Waals surface area (Å²) in [7, 11) is 9.87. The third kappa shape index (κ3) is 5.13. The minimum atomic E-state index is -0.826. The van der Waals surface area contributed by atoms with Gasteiger partial charge in [-0.15, -0.1) is 28.5 Å². The Balaban J connectivity index is 0.000000806. The SMILES string of the molecule is CCc1ccccc1-c1c(-c2ccccc2)ccc2[cH-]c(C(C)CC)cc12.[Cl][Zr][Cl]. The van der Waals surface area contributed by atoms with E-state index in [1.165, 1.54) is 50.6 Å². The van der Waals surface area contributed by atoms with Crippen molar-refractivity contribution in [2.75, 3.05) is 0 Å². The van der Waals surface area contributed by atoms with Crippen LogP contribution in [0.3, 0.4) is 0 Å². The Morgan fingerprint density at radius 1 is 0.867 bits per heavy atom. The Hall–Kier alpha value is -1.27. The molecule has 154 valence electrons. The molecule has 4 rings (SSSR count).